The molecule has 0 aliphatic carbocycles. The lowest BCUT2D eigenvalue weighted by Crippen LogP contribution is -2.39. The fourth-order valence-electron chi connectivity index (χ4n) is 2.29. The Morgan fingerprint density at radius 1 is 1.19 bits per heavy atom. The Balaban J connectivity index is 0.00000200. The molecule has 0 radical (unpaired) electrons. The molecular weight excluding hydrogens is 309 g/mol. The maximum Gasteiger partial charge on any atom is 0.0991 e. The third-order valence-electron chi connectivity index (χ3n) is 3.50. The summed E-state index contributed by atoms with van der Waals surface area (Å²) in [7, 11) is 0. The minimum atomic E-state index is 0. The van der Waals surface area contributed by atoms with Crippen molar-refractivity contribution in [3.05, 3.63) is 35.4 Å². The number of nitrogens with two attached hydrogens (primary N) is 1. The first-order chi connectivity index (χ1) is 9.28. The van der Waals surface area contributed by atoms with Crippen LogP contribution in [-0.2, 0) is 11.2 Å². The lowest BCUT2D eigenvalue weighted by molar-refractivity contribution is 0.0366. The van der Waals surface area contributed by atoms with E-state index in [1.807, 2.05) is 24.3 Å². The van der Waals surface area contributed by atoms with E-state index < -0.39 is 0 Å². The Bertz CT molecular complexity index is 428. The van der Waals surface area contributed by atoms with Crippen molar-refractivity contribution in [2.24, 2.45) is 5.73 Å². The van der Waals surface area contributed by atoms with E-state index in [9.17, 15) is 0 Å². The van der Waals surface area contributed by atoms with Gasteiger partial charge in [0.2, 0.25) is 0 Å². The van der Waals surface area contributed by atoms with Crippen molar-refractivity contribution in [1.29, 1.82) is 5.26 Å². The Morgan fingerprint density at radius 2 is 1.81 bits per heavy atom. The van der Waals surface area contributed by atoms with E-state index in [1.165, 1.54) is 5.56 Å². The molecule has 1 fully saturated rings. The number of hydrogen-bond acceptors (Lipinski definition) is 4. The summed E-state index contributed by atoms with van der Waals surface area (Å²) in [4.78, 5) is 2.40. The molecule has 0 bridgehead atoms. The van der Waals surface area contributed by atoms with Gasteiger partial charge in [-0.25, -0.2) is 0 Å². The Labute approximate surface area is 139 Å². The quantitative estimate of drug-likeness (QED) is 0.896. The van der Waals surface area contributed by atoms with Crippen LogP contribution in [-0.4, -0.2) is 43.8 Å². The highest BCUT2D eigenvalue weighted by atomic mass is 35.5. The molecule has 0 aromatic heterocycles. The van der Waals surface area contributed by atoms with Crippen LogP contribution in [0.2, 0.25) is 0 Å². The predicted octanol–water partition coefficient (Wildman–Crippen LogP) is 1.99. The average molecular weight is 332 g/mol. The number of rotatable bonds is 5. The molecule has 1 saturated heterocycles. The molecule has 1 atom stereocenters. The van der Waals surface area contributed by atoms with E-state index in [4.69, 9.17) is 15.7 Å². The van der Waals surface area contributed by atoms with Gasteiger partial charge in [0, 0.05) is 19.1 Å². The molecule has 1 aromatic rings. The van der Waals surface area contributed by atoms with Gasteiger partial charge in [0.1, 0.15) is 0 Å². The summed E-state index contributed by atoms with van der Waals surface area (Å²) < 4.78 is 5.32. The van der Waals surface area contributed by atoms with E-state index >= 15 is 0 Å². The number of ether oxygens (including phenoxy) is 1. The van der Waals surface area contributed by atoms with Gasteiger partial charge in [-0.05, 0) is 37.1 Å². The summed E-state index contributed by atoms with van der Waals surface area (Å²) in [5.74, 6) is 0. The molecule has 0 spiro atoms. The normalized spacial score (nSPS) is 16.2. The van der Waals surface area contributed by atoms with Crippen molar-refractivity contribution in [1.82, 2.24) is 4.90 Å². The van der Waals surface area contributed by atoms with Crippen molar-refractivity contribution >= 4 is 24.8 Å². The smallest absolute Gasteiger partial charge is 0.0991 e. The molecule has 1 aliphatic rings. The van der Waals surface area contributed by atoms with E-state index in [1.54, 1.807) is 0 Å². The second-order valence-electron chi connectivity index (χ2n) is 5.02. The summed E-state index contributed by atoms with van der Waals surface area (Å²) in [6.07, 6.45) is 1.87. The molecule has 2 N–H and O–H groups in total. The highest BCUT2D eigenvalue weighted by Gasteiger charge is 2.12. The molecular formula is C15H23Cl2N3O. The zero-order valence-electron chi connectivity index (χ0n) is 12.0. The van der Waals surface area contributed by atoms with E-state index in [0.717, 1.165) is 45.7 Å². The van der Waals surface area contributed by atoms with Gasteiger partial charge in [0.25, 0.3) is 0 Å². The molecule has 1 aromatic carbocycles. The summed E-state index contributed by atoms with van der Waals surface area (Å²) >= 11 is 0. The highest BCUT2D eigenvalue weighted by Crippen LogP contribution is 2.08. The van der Waals surface area contributed by atoms with Gasteiger partial charge in [0.05, 0.1) is 24.8 Å². The Morgan fingerprint density at radius 3 is 2.38 bits per heavy atom. The number of nitrogens with zero attached hydrogens (tertiary/aromatic N) is 2. The van der Waals surface area contributed by atoms with Gasteiger partial charge < -0.3 is 10.5 Å². The summed E-state index contributed by atoms with van der Waals surface area (Å²) in [5.41, 5.74) is 8.07. The van der Waals surface area contributed by atoms with Crippen LogP contribution in [0.4, 0.5) is 0 Å². The number of halogens is 2. The zero-order valence-corrected chi connectivity index (χ0v) is 13.7. The molecule has 2 rings (SSSR count). The number of nitriles is 1. The van der Waals surface area contributed by atoms with Crippen molar-refractivity contribution < 1.29 is 4.74 Å². The van der Waals surface area contributed by atoms with Crippen LogP contribution in [0, 0.1) is 11.3 Å². The van der Waals surface area contributed by atoms with Gasteiger partial charge in [-0.2, -0.15) is 5.26 Å². The van der Waals surface area contributed by atoms with Crippen LogP contribution in [0.15, 0.2) is 24.3 Å². The monoisotopic (exact) mass is 331 g/mol. The minimum absolute atomic E-state index is 0. The molecule has 0 saturated carbocycles. The third-order valence-corrected chi connectivity index (χ3v) is 3.50. The van der Waals surface area contributed by atoms with Crippen LogP contribution in [0.1, 0.15) is 17.5 Å². The summed E-state index contributed by atoms with van der Waals surface area (Å²) in [6, 6.07) is 9.99. The minimum Gasteiger partial charge on any atom is -0.379 e. The van der Waals surface area contributed by atoms with Crippen molar-refractivity contribution in [2.45, 2.75) is 18.9 Å². The van der Waals surface area contributed by atoms with E-state index in [-0.39, 0.29) is 30.9 Å². The molecule has 118 valence electrons. The first kappa shape index (κ1) is 20.2. The van der Waals surface area contributed by atoms with Crippen LogP contribution >= 0.6 is 24.8 Å². The van der Waals surface area contributed by atoms with Crippen LogP contribution in [0.3, 0.4) is 0 Å². The zero-order chi connectivity index (χ0) is 13.5. The van der Waals surface area contributed by atoms with Crippen LogP contribution < -0.4 is 5.73 Å². The maximum absolute atomic E-state index is 8.75. The van der Waals surface area contributed by atoms with Gasteiger partial charge in [-0.3, -0.25) is 4.90 Å². The third kappa shape index (κ3) is 7.12. The van der Waals surface area contributed by atoms with Crippen LogP contribution in [0.5, 0.6) is 0 Å². The molecule has 1 aliphatic heterocycles. The second kappa shape index (κ2) is 10.8. The molecule has 6 heteroatoms. The number of hydrogen-bond donors (Lipinski definition) is 1. The first-order valence-electron chi connectivity index (χ1n) is 6.82. The summed E-state index contributed by atoms with van der Waals surface area (Å²) in [6.45, 7) is 4.75. The topological polar surface area (TPSA) is 62.3 Å². The number of morpholine rings is 1. The molecule has 0 unspecified atom stereocenters. The molecule has 1 heterocycles. The van der Waals surface area contributed by atoms with Gasteiger partial charge in [0.15, 0.2) is 0 Å². The Hall–Kier alpha value is -0.830. The first-order valence-corrected chi connectivity index (χ1v) is 6.82. The van der Waals surface area contributed by atoms with Crippen molar-refractivity contribution in [3.63, 3.8) is 0 Å². The van der Waals surface area contributed by atoms with E-state index in [0.29, 0.717) is 5.56 Å². The molecule has 21 heavy (non-hydrogen) atoms. The van der Waals surface area contributed by atoms with Crippen molar-refractivity contribution in [3.8, 4) is 6.07 Å². The SMILES string of the molecule is Cl.Cl.N#Cc1ccc(C[C@@H](N)CCN2CCOCC2)cc1. The fourth-order valence-corrected chi connectivity index (χ4v) is 2.29. The molecule has 0 amide bonds. The largest absolute Gasteiger partial charge is 0.379 e. The predicted molar refractivity (Wildman–Crippen MR) is 89.2 cm³/mol. The lowest BCUT2D eigenvalue weighted by atomic mass is 10.0. The van der Waals surface area contributed by atoms with Gasteiger partial charge in [-0.1, -0.05) is 12.1 Å². The Kier molecular flexibility index (Phi) is 10.4. The maximum atomic E-state index is 8.75. The lowest BCUT2D eigenvalue weighted by Gasteiger charge is -2.27. The summed E-state index contributed by atoms with van der Waals surface area (Å²) in [5, 5.41) is 8.75. The van der Waals surface area contributed by atoms with Gasteiger partial charge in [-0.15, -0.1) is 24.8 Å². The average Bonchev–Trinajstić information content (AvgIpc) is 2.47. The second-order valence-corrected chi connectivity index (χ2v) is 5.02. The molecule has 4 nitrogen and oxygen atoms in total. The van der Waals surface area contributed by atoms with Gasteiger partial charge >= 0.3 is 0 Å². The highest BCUT2D eigenvalue weighted by molar-refractivity contribution is 5.85. The van der Waals surface area contributed by atoms with Crippen LogP contribution in [0.25, 0.3) is 0 Å². The van der Waals surface area contributed by atoms with Crippen molar-refractivity contribution in [2.75, 3.05) is 32.8 Å². The fraction of sp³-hybridized carbons (Fsp3) is 0.533. The standard InChI is InChI=1S/C15H21N3O.2ClH/c16-12-14-3-1-13(2-4-14)11-15(17)5-6-18-7-9-19-10-8-18;;/h1-4,15H,5-11,17H2;2*1H/t15-;;/m0../s1. The number of benzene rings is 1. The van der Waals surface area contributed by atoms with E-state index in [2.05, 4.69) is 11.0 Å².